The van der Waals surface area contributed by atoms with Crippen molar-refractivity contribution in [2.24, 2.45) is 23.7 Å². The van der Waals surface area contributed by atoms with Gasteiger partial charge in [0, 0.05) is 29.6 Å². The van der Waals surface area contributed by atoms with Gasteiger partial charge in [0.1, 0.15) is 16.7 Å². The minimum absolute atomic E-state index is 0.147. The number of carbonyl (C=O) groups excluding carboxylic acids is 1. The number of carbonyl (C=O) groups is 1. The van der Waals surface area contributed by atoms with Crippen LogP contribution in [0.1, 0.15) is 80.8 Å². The summed E-state index contributed by atoms with van der Waals surface area (Å²) >= 11 is 6.40. The molecule has 0 spiro atoms. The number of nitrogens with zero attached hydrogens (tertiary/aromatic N) is 1. The Bertz CT molecular complexity index is 1280. The summed E-state index contributed by atoms with van der Waals surface area (Å²) in [6.45, 7) is 10.9. The third-order valence-corrected chi connectivity index (χ3v) is 11.2. The van der Waals surface area contributed by atoms with Gasteiger partial charge in [0.2, 0.25) is 0 Å². The minimum atomic E-state index is -1.47. The molecule has 1 N–H and O–H groups in total. The summed E-state index contributed by atoms with van der Waals surface area (Å²) in [6.07, 6.45) is 9.97. The number of amides is 1. The molecular weight excluding hydrogens is 540 g/mol. The Balaban J connectivity index is 1.52. The lowest BCUT2D eigenvalue weighted by atomic mass is 9.67. The van der Waals surface area contributed by atoms with Gasteiger partial charge in [-0.25, -0.2) is 4.21 Å². The average molecular weight is 583 g/mol. The van der Waals surface area contributed by atoms with Crippen LogP contribution in [0.2, 0.25) is 5.02 Å². The van der Waals surface area contributed by atoms with Gasteiger partial charge in [-0.2, -0.15) is 0 Å². The number of hydrogen-bond donors (Lipinski definition) is 1. The molecule has 216 valence electrons. The van der Waals surface area contributed by atoms with Crippen LogP contribution in [0.25, 0.3) is 0 Å². The molecule has 2 aromatic rings. The maximum atomic E-state index is 13.3. The fourth-order valence-corrected chi connectivity index (χ4v) is 7.76. The molecule has 2 aromatic carbocycles. The van der Waals surface area contributed by atoms with Crippen LogP contribution in [0.3, 0.4) is 0 Å². The monoisotopic (exact) mass is 582 g/mol. The van der Waals surface area contributed by atoms with Crippen LogP contribution >= 0.6 is 11.6 Å². The van der Waals surface area contributed by atoms with Crippen molar-refractivity contribution in [1.29, 1.82) is 0 Å². The summed E-state index contributed by atoms with van der Waals surface area (Å²) in [5.41, 5.74) is 4.05. The SMILES string of the molecule is CCCc1cc(Cl)ccc1C1COc2ccc3cc2N(C1)CC1CCC1C(C)/C=C/CC(C)C(C)S(=O)NC3=O. The van der Waals surface area contributed by atoms with Crippen LogP contribution in [0.5, 0.6) is 5.75 Å². The predicted octanol–water partition coefficient (Wildman–Crippen LogP) is 7.32. The van der Waals surface area contributed by atoms with E-state index in [1.807, 2.05) is 25.1 Å². The van der Waals surface area contributed by atoms with Crippen molar-refractivity contribution >= 4 is 34.2 Å². The second kappa shape index (κ2) is 12.7. The average Bonchev–Trinajstić information content (AvgIpc) is 3.09. The maximum absolute atomic E-state index is 13.3. The van der Waals surface area contributed by atoms with Crippen LogP contribution < -0.4 is 14.4 Å². The number of fused-ring (bicyclic) bond motifs is 2. The molecule has 2 aliphatic heterocycles. The van der Waals surface area contributed by atoms with E-state index < -0.39 is 11.0 Å². The molecule has 0 saturated heterocycles. The highest BCUT2D eigenvalue weighted by atomic mass is 35.5. The highest BCUT2D eigenvalue weighted by Crippen LogP contribution is 2.44. The smallest absolute Gasteiger partial charge is 0.263 e. The van der Waals surface area contributed by atoms with Gasteiger partial charge < -0.3 is 9.64 Å². The first-order chi connectivity index (χ1) is 19.2. The molecule has 7 heteroatoms. The zero-order valence-electron chi connectivity index (χ0n) is 24.2. The van der Waals surface area contributed by atoms with E-state index in [0.29, 0.717) is 29.9 Å². The number of benzene rings is 2. The van der Waals surface area contributed by atoms with Crippen LogP contribution in [-0.2, 0) is 17.4 Å². The molecular formula is C33H43ClN2O3S. The number of aryl methyl sites for hydroxylation is 1. The molecule has 2 heterocycles. The first kappa shape index (κ1) is 29.2. The van der Waals surface area contributed by atoms with Gasteiger partial charge in [-0.05, 0) is 97.7 Å². The van der Waals surface area contributed by atoms with Crippen molar-refractivity contribution < 1.29 is 13.7 Å². The summed E-state index contributed by atoms with van der Waals surface area (Å²) in [7, 11) is -1.47. The fraction of sp³-hybridized carbons (Fsp3) is 0.545. The Labute approximate surface area is 247 Å². The molecule has 1 saturated carbocycles. The molecule has 40 heavy (non-hydrogen) atoms. The van der Waals surface area contributed by atoms with Gasteiger partial charge in [-0.15, -0.1) is 0 Å². The number of nitrogens with one attached hydrogen (secondary N) is 1. The maximum Gasteiger partial charge on any atom is 0.263 e. The number of halogens is 1. The molecule has 0 aromatic heterocycles. The third kappa shape index (κ3) is 6.28. The first-order valence-electron chi connectivity index (χ1n) is 14.9. The van der Waals surface area contributed by atoms with Gasteiger partial charge in [-0.3, -0.25) is 9.52 Å². The van der Waals surface area contributed by atoms with Crippen LogP contribution in [0, 0.1) is 23.7 Å². The predicted molar refractivity (Wildman–Crippen MR) is 166 cm³/mol. The molecule has 7 unspecified atom stereocenters. The highest BCUT2D eigenvalue weighted by Gasteiger charge is 2.37. The molecule has 5 nitrogen and oxygen atoms in total. The van der Waals surface area contributed by atoms with Crippen molar-refractivity contribution in [2.45, 2.75) is 71.0 Å². The van der Waals surface area contributed by atoms with Gasteiger partial charge >= 0.3 is 0 Å². The van der Waals surface area contributed by atoms with E-state index >= 15 is 0 Å². The zero-order chi connectivity index (χ0) is 28.4. The van der Waals surface area contributed by atoms with E-state index in [1.165, 1.54) is 24.0 Å². The Morgan fingerprint density at radius 3 is 2.67 bits per heavy atom. The molecule has 0 radical (unpaired) electrons. The quantitative estimate of drug-likeness (QED) is 0.385. The number of ether oxygens (including phenoxy) is 1. The van der Waals surface area contributed by atoms with Crippen molar-refractivity contribution in [3.05, 3.63) is 70.3 Å². The van der Waals surface area contributed by atoms with E-state index in [4.69, 9.17) is 16.3 Å². The summed E-state index contributed by atoms with van der Waals surface area (Å²) in [6, 6.07) is 11.9. The largest absolute Gasteiger partial charge is 0.491 e. The van der Waals surface area contributed by atoms with Gasteiger partial charge in [0.25, 0.3) is 5.91 Å². The van der Waals surface area contributed by atoms with Crippen molar-refractivity contribution in [1.82, 2.24) is 4.72 Å². The topological polar surface area (TPSA) is 58.6 Å². The summed E-state index contributed by atoms with van der Waals surface area (Å²) < 4.78 is 22.3. The normalized spacial score (nSPS) is 31.7. The molecule has 5 rings (SSSR count). The molecule has 1 fully saturated rings. The van der Waals surface area contributed by atoms with Gasteiger partial charge in [-0.1, -0.05) is 57.0 Å². The lowest BCUT2D eigenvalue weighted by Gasteiger charge is -2.43. The Morgan fingerprint density at radius 1 is 1.10 bits per heavy atom. The molecule has 1 aliphatic carbocycles. The van der Waals surface area contributed by atoms with Crippen molar-refractivity contribution in [3.8, 4) is 5.75 Å². The van der Waals surface area contributed by atoms with Crippen molar-refractivity contribution in [3.63, 3.8) is 0 Å². The van der Waals surface area contributed by atoms with E-state index in [0.717, 1.165) is 48.8 Å². The zero-order valence-corrected chi connectivity index (χ0v) is 25.8. The summed E-state index contributed by atoms with van der Waals surface area (Å²) in [4.78, 5) is 15.7. The standard InChI is InChI=1S/C33H43ClN2O3S/c1-5-7-24-16-28(34)12-14-30(24)27-19-36-18-26-10-13-29(26)22(3)9-6-8-21(2)23(4)40(38)35-33(37)25-11-15-32(39-20-27)31(36)17-25/h6,9,11-12,14-17,21-23,26-27,29H,5,7-8,10,13,18-20H2,1-4H3,(H,35,37)/b9-6+. The first-order valence-corrected chi connectivity index (χ1v) is 16.5. The Kier molecular flexibility index (Phi) is 9.26. The fourth-order valence-electron chi connectivity index (χ4n) is 6.55. The number of rotatable bonds is 3. The summed E-state index contributed by atoms with van der Waals surface area (Å²) in [5.74, 6) is 2.60. The molecule has 3 aliphatic rings. The van der Waals surface area contributed by atoms with Crippen LogP contribution in [-0.4, -0.2) is 35.1 Å². The van der Waals surface area contributed by atoms with Crippen LogP contribution in [0.4, 0.5) is 5.69 Å². The van der Waals surface area contributed by atoms with Gasteiger partial charge in [0.05, 0.1) is 17.5 Å². The number of allylic oxidation sites excluding steroid dienone is 2. The van der Waals surface area contributed by atoms with E-state index in [-0.39, 0.29) is 23.0 Å². The van der Waals surface area contributed by atoms with E-state index in [1.54, 1.807) is 6.07 Å². The second-order valence-corrected chi connectivity index (χ2v) is 14.1. The van der Waals surface area contributed by atoms with E-state index in [2.05, 4.69) is 54.7 Å². The van der Waals surface area contributed by atoms with Crippen molar-refractivity contribution in [2.75, 3.05) is 24.6 Å². The highest BCUT2D eigenvalue weighted by molar-refractivity contribution is 7.84. The number of anilines is 1. The molecule has 1 amide bonds. The Morgan fingerprint density at radius 2 is 1.93 bits per heavy atom. The second-order valence-electron chi connectivity index (χ2n) is 12.1. The molecule has 7 atom stereocenters. The van der Waals surface area contributed by atoms with E-state index in [9.17, 15) is 9.00 Å². The lowest BCUT2D eigenvalue weighted by Crippen LogP contribution is -2.42. The Hall–Kier alpha value is -2.31. The molecule has 2 bridgehead atoms. The number of hydrogen-bond acceptors (Lipinski definition) is 4. The van der Waals surface area contributed by atoms with Gasteiger partial charge in [0.15, 0.2) is 0 Å². The van der Waals surface area contributed by atoms with Crippen LogP contribution in [0.15, 0.2) is 48.6 Å². The summed E-state index contributed by atoms with van der Waals surface area (Å²) in [5, 5.41) is 0.623. The third-order valence-electron chi connectivity index (χ3n) is 9.39. The minimum Gasteiger partial charge on any atom is -0.491 e. The lowest BCUT2D eigenvalue weighted by molar-refractivity contribution is 0.0982.